The summed E-state index contributed by atoms with van der Waals surface area (Å²) >= 11 is 0. The Morgan fingerprint density at radius 2 is 1.61 bits per heavy atom. The number of rotatable bonds is 6. The Labute approximate surface area is 162 Å². The van der Waals surface area contributed by atoms with Crippen molar-refractivity contribution in [3.63, 3.8) is 0 Å². The molecular weight excluding hydrogens is 352 g/mol. The van der Waals surface area contributed by atoms with Crippen LogP contribution in [0.15, 0.2) is 85.1 Å². The number of aromatic nitrogens is 1. The first-order valence-corrected chi connectivity index (χ1v) is 8.91. The molecule has 0 bridgehead atoms. The minimum Gasteiger partial charge on any atom is -0.457 e. The molecule has 0 atom stereocenters. The van der Waals surface area contributed by atoms with Gasteiger partial charge in [0.1, 0.15) is 11.5 Å². The summed E-state index contributed by atoms with van der Waals surface area (Å²) in [6.07, 6.45) is 1.57. The minimum absolute atomic E-state index is 0.235. The fourth-order valence-corrected chi connectivity index (χ4v) is 2.99. The number of nitrogens with one attached hydrogen (secondary N) is 2. The normalized spacial score (nSPS) is 10.6. The van der Waals surface area contributed by atoms with Crippen LogP contribution in [0.2, 0.25) is 0 Å². The number of carbonyl (C=O) groups is 2. The number of hydrogen-bond donors (Lipinski definition) is 2. The van der Waals surface area contributed by atoms with E-state index in [4.69, 9.17) is 4.74 Å². The molecule has 0 saturated heterocycles. The minimum atomic E-state index is -0.640. The molecule has 0 fully saturated rings. The zero-order valence-corrected chi connectivity index (χ0v) is 15.0. The summed E-state index contributed by atoms with van der Waals surface area (Å²) in [4.78, 5) is 27.8. The first kappa shape index (κ1) is 17.5. The van der Waals surface area contributed by atoms with Crippen molar-refractivity contribution in [2.45, 2.75) is 6.54 Å². The highest BCUT2D eigenvalue weighted by molar-refractivity contribution is 6.44. The van der Waals surface area contributed by atoms with Crippen LogP contribution >= 0.6 is 0 Å². The number of carbonyl (C=O) groups excluding carboxylic acids is 2. The molecule has 0 saturated carbocycles. The number of hydrogen-bond acceptors (Lipinski definition) is 3. The van der Waals surface area contributed by atoms with Crippen molar-refractivity contribution in [3.05, 3.63) is 96.2 Å². The smallest absolute Gasteiger partial charge is 0.292 e. The van der Waals surface area contributed by atoms with E-state index in [9.17, 15) is 9.59 Å². The lowest BCUT2D eigenvalue weighted by Gasteiger charge is -2.08. The van der Waals surface area contributed by atoms with Gasteiger partial charge in [-0.15, -0.1) is 0 Å². The van der Waals surface area contributed by atoms with Gasteiger partial charge in [0.05, 0.1) is 5.56 Å². The lowest BCUT2D eigenvalue weighted by atomic mass is 10.1. The molecule has 0 spiro atoms. The summed E-state index contributed by atoms with van der Waals surface area (Å²) in [6.45, 7) is 0.235. The number of para-hydroxylation sites is 2. The molecule has 138 valence electrons. The lowest BCUT2D eigenvalue weighted by molar-refractivity contribution is -0.117. The number of ketones is 1. The Morgan fingerprint density at radius 3 is 2.46 bits per heavy atom. The van der Waals surface area contributed by atoms with E-state index in [2.05, 4.69) is 10.3 Å². The highest BCUT2D eigenvalue weighted by Gasteiger charge is 2.19. The van der Waals surface area contributed by atoms with E-state index in [1.807, 2.05) is 78.9 Å². The van der Waals surface area contributed by atoms with Crippen LogP contribution in [-0.2, 0) is 11.3 Å². The fraction of sp³-hybridized carbons (Fsp3) is 0.0435. The van der Waals surface area contributed by atoms with E-state index >= 15 is 0 Å². The molecular formula is C23H18N2O3. The summed E-state index contributed by atoms with van der Waals surface area (Å²) in [5, 5.41) is 3.42. The maximum Gasteiger partial charge on any atom is 0.292 e. The van der Waals surface area contributed by atoms with Gasteiger partial charge in [-0.25, -0.2) is 0 Å². The molecule has 28 heavy (non-hydrogen) atoms. The topological polar surface area (TPSA) is 71.2 Å². The van der Waals surface area contributed by atoms with Gasteiger partial charge >= 0.3 is 0 Å². The molecule has 0 aliphatic rings. The first-order chi connectivity index (χ1) is 13.7. The van der Waals surface area contributed by atoms with Crippen LogP contribution in [-0.4, -0.2) is 16.7 Å². The van der Waals surface area contributed by atoms with E-state index in [0.29, 0.717) is 11.3 Å². The summed E-state index contributed by atoms with van der Waals surface area (Å²) in [7, 11) is 0. The van der Waals surface area contributed by atoms with Gasteiger partial charge in [-0.3, -0.25) is 9.59 Å². The van der Waals surface area contributed by atoms with Crippen molar-refractivity contribution in [2.24, 2.45) is 0 Å². The molecule has 0 unspecified atom stereocenters. The van der Waals surface area contributed by atoms with E-state index in [1.165, 1.54) is 0 Å². The highest BCUT2D eigenvalue weighted by Crippen LogP contribution is 2.22. The van der Waals surface area contributed by atoms with Crippen LogP contribution in [0.5, 0.6) is 11.5 Å². The lowest BCUT2D eigenvalue weighted by Crippen LogP contribution is -2.30. The molecule has 0 radical (unpaired) electrons. The summed E-state index contributed by atoms with van der Waals surface area (Å²) in [5.74, 6) is 0.201. The van der Waals surface area contributed by atoms with Gasteiger partial charge in [0.15, 0.2) is 0 Å². The Balaban J connectivity index is 1.42. The summed E-state index contributed by atoms with van der Waals surface area (Å²) in [5.41, 5.74) is 2.03. The van der Waals surface area contributed by atoms with Gasteiger partial charge in [-0.1, -0.05) is 48.5 Å². The Morgan fingerprint density at radius 1 is 0.857 bits per heavy atom. The predicted molar refractivity (Wildman–Crippen MR) is 107 cm³/mol. The van der Waals surface area contributed by atoms with Crippen molar-refractivity contribution in [3.8, 4) is 11.5 Å². The van der Waals surface area contributed by atoms with Crippen LogP contribution in [0, 0.1) is 0 Å². The fourth-order valence-electron chi connectivity index (χ4n) is 2.99. The van der Waals surface area contributed by atoms with Crippen LogP contribution in [0.1, 0.15) is 15.9 Å². The number of H-pyrrole nitrogens is 1. The average Bonchev–Trinajstić information content (AvgIpc) is 3.16. The number of amides is 1. The number of aromatic amines is 1. The third kappa shape index (κ3) is 3.78. The van der Waals surface area contributed by atoms with Crippen molar-refractivity contribution in [2.75, 3.05) is 0 Å². The van der Waals surface area contributed by atoms with Crippen LogP contribution < -0.4 is 10.1 Å². The van der Waals surface area contributed by atoms with Gasteiger partial charge in [-0.05, 0) is 35.9 Å². The van der Waals surface area contributed by atoms with E-state index in [1.54, 1.807) is 6.20 Å². The number of Topliss-reactive ketones (excluding diaryl/α,β-unsaturated/α-hetero) is 1. The van der Waals surface area contributed by atoms with Gasteiger partial charge < -0.3 is 15.0 Å². The molecule has 5 nitrogen and oxygen atoms in total. The predicted octanol–water partition coefficient (Wildman–Crippen LogP) is 4.46. The molecule has 1 heterocycles. The highest BCUT2D eigenvalue weighted by atomic mass is 16.5. The van der Waals surface area contributed by atoms with Crippen LogP contribution in [0.4, 0.5) is 0 Å². The number of fused-ring (bicyclic) bond motifs is 1. The maximum atomic E-state index is 12.5. The standard InChI is InChI=1S/C23H18N2O3/c26-22(20-15-24-21-12-5-4-11-19(20)21)23(27)25-14-16-7-6-10-18(13-16)28-17-8-2-1-3-9-17/h1-13,15,24H,14H2,(H,25,27). The second-order valence-corrected chi connectivity index (χ2v) is 6.32. The van der Waals surface area contributed by atoms with Crippen molar-refractivity contribution in [1.82, 2.24) is 10.3 Å². The first-order valence-electron chi connectivity index (χ1n) is 8.91. The second kappa shape index (κ2) is 7.80. The molecule has 0 aliphatic heterocycles. The molecule has 2 N–H and O–H groups in total. The van der Waals surface area contributed by atoms with Crippen LogP contribution in [0.25, 0.3) is 10.9 Å². The van der Waals surface area contributed by atoms with Gasteiger partial charge in [-0.2, -0.15) is 0 Å². The molecule has 0 aliphatic carbocycles. The average molecular weight is 370 g/mol. The van der Waals surface area contributed by atoms with Gasteiger partial charge in [0.2, 0.25) is 0 Å². The molecule has 1 aromatic heterocycles. The largest absolute Gasteiger partial charge is 0.457 e. The van der Waals surface area contributed by atoms with Gasteiger partial charge in [0, 0.05) is 23.6 Å². The molecule has 1 amide bonds. The molecule has 3 aromatic carbocycles. The maximum absolute atomic E-state index is 12.5. The van der Waals surface area contributed by atoms with E-state index < -0.39 is 11.7 Å². The SMILES string of the molecule is O=C(NCc1cccc(Oc2ccccc2)c1)C(=O)c1c[nH]c2ccccc12. The second-order valence-electron chi connectivity index (χ2n) is 6.32. The zero-order chi connectivity index (χ0) is 19.3. The molecule has 4 rings (SSSR count). The third-order valence-corrected chi connectivity index (χ3v) is 4.37. The van der Waals surface area contributed by atoms with Crippen molar-refractivity contribution >= 4 is 22.6 Å². The van der Waals surface area contributed by atoms with E-state index in [0.717, 1.165) is 22.2 Å². The zero-order valence-electron chi connectivity index (χ0n) is 15.0. The number of benzene rings is 3. The number of ether oxygens (including phenoxy) is 1. The molecule has 5 heteroatoms. The van der Waals surface area contributed by atoms with Crippen molar-refractivity contribution < 1.29 is 14.3 Å². The van der Waals surface area contributed by atoms with E-state index in [-0.39, 0.29) is 6.54 Å². The molecule has 4 aromatic rings. The van der Waals surface area contributed by atoms with Crippen molar-refractivity contribution in [1.29, 1.82) is 0 Å². The summed E-state index contributed by atoms with van der Waals surface area (Å²) in [6, 6.07) is 24.2. The van der Waals surface area contributed by atoms with Gasteiger partial charge in [0.25, 0.3) is 11.7 Å². The third-order valence-electron chi connectivity index (χ3n) is 4.37. The van der Waals surface area contributed by atoms with Crippen LogP contribution in [0.3, 0.4) is 0 Å². The Hall–Kier alpha value is -3.86. The Kier molecular flexibility index (Phi) is 4.89. The summed E-state index contributed by atoms with van der Waals surface area (Å²) < 4.78 is 5.80. The monoisotopic (exact) mass is 370 g/mol. The quantitative estimate of drug-likeness (QED) is 0.389. The Bertz CT molecular complexity index is 1130.